The minimum absolute atomic E-state index is 0.0666. The highest BCUT2D eigenvalue weighted by Gasteiger charge is 2.74. The van der Waals surface area contributed by atoms with Crippen LogP contribution in [0.4, 0.5) is 10.8 Å². The number of thiazole rings is 1. The molecule has 0 saturated carbocycles. The van der Waals surface area contributed by atoms with Crippen molar-refractivity contribution in [3.63, 3.8) is 0 Å². The van der Waals surface area contributed by atoms with Crippen LogP contribution in [0.5, 0.6) is 5.75 Å². The molecule has 2 amide bonds. The van der Waals surface area contributed by atoms with Crippen molar-refractivity contribution in [2.24, 2.45) is 5.92 Å². The van der Waals surface area contributed by atoms with Crippen molar-refractivity contribution in [2.45, 2.75) is 29.6 Å². The molecule has 2 fully saturated rings. The van der Waals surface area contributed by atoms with Gasteiger partial charge in [-0.15, -0.1) is 0 Å². The van der Waals surface area contributed by atoms with E-state index in [-0.39, 0.29) is 13.2 Å². The Bertz CT molecular complexity index is 2320. The first-order valence-corrected chi connectivity index (χ1v) is 18.3. The first kappa shape index (κ1) is 33.0. The van der Waals surface area contributed by atoms with E-state index in [1.54, 1.807) is 6.07 Å². The zero-order valence-electron chi connectivity index (χ0n) is 28.3. The van der Waals surface area contributed by atoms with E-state index >= 15 is 9.59 Å². The zero-order valence-corrected chi connectivity index (χ0v) is 29.1. The van der Waals surface area contributed by atoms with Crippen LogP contribution in [0.2, 0.25) is 0 Å². The van der Waals surface area contributed by atoms with E-state index in [0.717, 1.165) is 21.3 Å². The smallest absolute Gasteiger partial charge is 0.324 e. The van der Waals surface area contributed by atoms with Crippen molar-refractivity contribution in [1.82, 2.24) is 9.88 Å². The summed E-state index contributed by atoms with van der Waals surface area (Å²) in [6, 6.07) is 38.9. The number of nitrogens with zero attached hydrogens (tertiary/aromatic N) is 2. The number of hydrogen-bond donors (Lipinski definition) is 3. The molecule has 2 saturated heterocycles. The quantitative estimate of drug-likeness (QED) is 0.150. The number of anilines is 2. The van der Waals surface area contributed by atoms with Gasteiger partial charge in [-0.25, -0.2) is 4.98 Å². The van der Waals surface area contributed by atoms with E-state index in [9.17, 15) is 9.90 Å². The van der Waals surface area contributed by atoms with Crippen LogP contribution in [-0.4, -0.2) is 52.0 Å². The average molecular weight is 723 g/mol. The maximum atomic E-state index is 15.2. The Kier molecular flexibility index (Phi) is 8.26. The number of ether oxygens (including phenoxy) is 2. The number of carbonyl (C=O) groups is 3. The topological polar surface area (TPSA) is 130 Å². The third-order valence-corrected chi connectivity index (χ3v) is 11.5. The summed E-state index contributed by atoms with van der Waals surface area (Å²) in [7, 11) is 0. The van der Waals surface area contributed by atoms with Gasteiger partial charge in [0, 0.05) is 5.69 Å². The van der Waals surface area contributed by atoms with Gasteiger partial charge in [0.25, 0.3) is 0 Å². The number of para-hydroxylation sites is 2. The second kappa shape index (κ2) is 13.3. The van der Waals surface area contributed by atoms with Crippen molar-refractivity contribution in [1.29, 1.82) is 0 Å². The fourth-order valence-corrected chi connectivity index (χ4v) is 9.47. The number of hydrogen-bond acceptors (Lipinski definition) is 9. The molecule has 3 aliphatic rings. The molecule has 3 N–H and O–H groups in total. The Labute approximate surface area is 309 Å². The summed E-state index contributed by atoms with van der Waals surface area (Å²) in [4.78, 5) is 51.8. The van der Waals surface area contributed by atoms with Crippen LogP contribution in [0, 0.1) is 5.92 Å². The number of rotatable bonds is 8. The first-order valence-electron chi connectivity index (χ1n) is 17.5. The van der Waals surface area contributed by atoms with E-state index in [0.29, 0.717) is 27.7 Å². The predicted molar refractivity (Wildman–Crippen MR) is 200 cm³/mol. The van der Waals surface area contributed by atoms with Gasteiger partial charge in [-0.2, -0.15) is 0 Å². The summed E-state index contributed by atoms with van der Waals surface area (Å²) in [5.74, 6) is -2.32. The van der Waals surface area contributed by atoms with Crippen LogP contribution < -0.4 is 15.4 Å². The second-order valence-electron chi connectivity index (χ2n) is 13.4. The number of aromatic nitrogens is 1. The number of morpholine rings is 1. The molecule has 5 aromatic carbocycles. The van der Waals surface area contributed by atoms with Gasteiger partial charge in [-0.1, -0.05) is 114 Å². The molecule has 6 aromatic rings. The number of cyclic esters (lactones) is 1. The van der Waals surface area contributed by atoms with Crippen LogP contribution in [0.15, 0.2) is 133 Å². The summed E-state index contributed by atoms with van der Waals surface area (Å²) in [5, 5.41) is 16.1. The monoisotopic (exact) mass is 722 g/mol. The molecule has 0 aliphatic carbocycles. The number of carbonyl (C=O) groups excluding carboxylic acids is 3. The Balaban J connectivity index is 1.31. The molecule has 9 rings (SSSR count). The molecule has 0 unspecified atom stereocenters. The van der Waals surface area contributed by atoms with Crippen molar-refractivity contribution in [3.05, 3.63) is 156 Å². The zero-order chi connectivity index (χ0) is 36.1. The number of fused-ring (bicyclic) bond motifs is 4. The number of amides is 2. The Morgan fingerprint density at radius 1 is 0.849 bits per heavy atom. The summed E-state index contributed by atoms with van der Waals surface area (Å²) < 4.78 is 13.2. The van der Waals surface area contributed by atoms with Crippen LogP contribution in [0.25, 0.3) is 10.2 Å². The van der Waals surface area contributed by atoms with Gasteiger partial charge in [0.15, 0.2) is 5.13 Å². The van der Waals surface area contributed by atoms with Gasteiger partial charge in [0.05, 0.1) is 34.8 Å². The van der Waals surface area contributed by atoms with Gasteiger partial charge >= 0.3 is 5.97 Å². The Hall–Kier alpha value is -5.88. The van der Waals surface area contributed by atoms with Gasteiger partial charge in [0.2, 0.25) is 11.8 Å². The molecule has 53 heavy (non-hydrogen) atoms. The summed E-state index contributed by atoms with van der Waals surface area (Å²) in [6.45, 7) is -0.118. The molecular formula is C42H34N4O6S. The Morgan fingerprint density at radius 2 is 1.55 bits per heavy atom. The number of benzene rings is 5. The minimum Gasteiger partial charge on any atom is -0.491 e. The minimum atomic E-state index is -1.62. The van der Waals surface area contributed by atoms with Crippen molar-refractivity contribution < 1.29 is 29.0 Å². The molecule has 1 aromatic heterocycles. The third kappa shape index (κ3) is 5.30. The summed E-state index contributed by atoms with van der Waals surface area (Å²) in [6.07, 6.45) is -0.776. The molecule has 1 spiro atoms. The van der Waals surface area contributed by atoms with Gasteiger partial charge in [0.1, 0.15) is 29.9 Å². The van der Waals surface area contributed by atoms with Crippen LogP contribution in [0.1, 0.15) is 40.4 Å². The maximum Gasteiger partial charge on any atom is 0.324 e. The van der Waals surface area contributed by atoms with Crippen molar-refractivity contribution >= 4 is 50.2 Å². The van der Waals surface area contributed by atoms with E-state index < -0.39 is 53.3 Å². The summed E-state index contributed by atoms with van der Waals surface area (Å²) in [5.41, 5.74) is 2.57. The van der Waals surface area contributed by atoms with Gasteiger partial charge in [-0.3, -0.25) is 19.3 Å². The molecule has 264 valence electrons. The standard InChI is InChI=1S/C42H34N4O6S/c47-22-23-51-28-17-11-16-27(24-28)37-42(29-18-7-8-19-30(29)43-40(42)50)33(38(48)45-41-44-31-20-9-10-21-32(31)53-41)35-39(49)52-36(26-14-5-2-6-15-26)34(46(35)37)25-12-3-1-4-13-25/h1-21,24,33-37,47H,22-23H2,(H,43,50)(H,44,45,48)/t33-,34-,35-,36+,37+,42-/m1/s1. The maximum absolute atomic E-state index is 15.2. The van der Waals surface area contributed by atoms with Crippen LogP contribution in [-0.2, 0) is 24.5 Å². The lowest BCUT2D eigenvalue weighted by Gasteiger charge is -2.46. The van der Waals surface area contributed by atoms with Gasteiger partial charge < -0.3 is 25.2 Å². The van der Waals surface area contributed by atoms with Crippen molar-refractivity contribution in [3.8, 4) is 5.75 Å². The molecule has 4 heterocycles. The lowest BCUT2D eigenvalue weighted by molar-refractivity contribution is -0.177. The normalized spacial score (nSPS) is 24.7. The molecule has 0 bridgehead atoms. The number of esters is 1. The van der Waals surface area contributed by atoms with Crippen molar-refractivity contribution in [2.75, 3.05) is 23.8 Å². The van der Waals surface area contributed by atoms with E-state index in [2.05, 4.69) is 15.6 Å². The van der Waals surface area contributed by atoms with E-state index in [4.69, 9.17) is 9.47 Å². The predicted octanol–water partition coefficient (Wildman–Crippen LogP) is 6.58. The Morgan fingerprint density at radius 3 is 2.32 bits per heavy atom. The molecule has 11 heteroatoms. The molecule has 6 atom stereocenters. The lowest BCUT2D eigenvalue weighted by atomic mass is 9.65. The number of nitrogens with one attached hydrogen (secondary N) is 2. The average Bonchev–Trinajstić information content (AvgIpc) is 3.84. The summed E-state index contributed by atoms with van der Waals surface area (Å²) >= 11 is 1.32. The highest BCUT2D eigenvalue weighted by Crippen LogP contribution is 2.65. The molecule has 10 nitrogen and oxygen atoms in total. The fourth-order valence-electron chi connectivity index (χ4n) is 8.60. The van der Waals surface area contributed by atoms with Gasteiger partial charge in [-0.05, 0) is 52.6 Å². The second-order valence-corrected chi connectivity index (χ2v) is 14.4. The fraction of sp³-hybridized carbons (Fsp3) is 0.190. The molecule has 0 radical (unpaired) electrons. The van der Waals surface area contributed by atoms with E-state index in [1.807, 2.05) is 132 Å². The van der Waals surface area contributed by atoms with Crippen LogP contribution >= 0.6 is 11.3 Å². The first-order chi connectivity index (χ1) is 26.0. The number of aliphatic hydroxyl groups is 1. The third-order valence-electron chi connectivity index (χ3n) is 10.6. The molecule has 3 aliphatic heterocycles. The number of aliphatic hydroxyl groups excluding tert-OH is 1. The highest BCUT2D eigenvalue weighted by molar-refractivity contribution is 7.22. The van der Waals surface area contributed by atoms with Crippen LogP contribution in [0.3, 0.4) is 0 Å². The largest absolute Gasteiger partial charge is 0.491 e. The van der Waals surface area contributed by atoms with E-state index in [1.165, 1.54) is 11.3 Å². The molecular weight excluding hydrogens is 689 g/mol. The highest BCUT2D eigenvalue weighted by atomic mass is 32.1. The lowest BCUT2D eigenvalue weighted by Crippen LogP contribution is -2.53. The SMILES string of the molecule is O=C1O[C@@H](c2ccccc2)[C@@H](c2ccccc2)N2[C@@H](c3cccc(OCCO)c3)[C@]3(C(=O)Nc4ccccc43)[C@@H](C(=O)Nc3nc4ccccc4s3)[C@H]12.